The predicted molar refractivity (Wildman–Crippen MR) is 68.3 cm³/mol. The molecule has 6 heteroatoms. The highest BCUT2D eigenvalue weighted by Gasteiger charge is 2.07. The second-order valence-corrected chi connectivity index (χ2v) is 4.35. The maximum Gasteiger partial charge on any atom is 0.243 e. The van der Waals surface area contributed by atoms with Crippen LogP contribution in [0.15, 0.2) is 30.5 Å². The summed E-state index contributed by atoms with van der Waals surface area (Å²) in [6.45, 7) is 2.00. The Hall–Kier alpha value is -1.39. The van der Waals surface area contributed by atoms with E-state index in [4.69, 9.17) is 23.2 Å². The summed E-state index contributed by atoms with van der Waals surface area (Å²) in [4.78, 5) is 4.02. The molecule has 17 heavy (non-hydrogen) atoms. The zero-order valence-corrected chi connectivity index (χ0v) is 10.6. The van der Waals surface area contributed by atoms with Crippen LogP contribution in [-0.4, -0.2) is 15.2 Å². The topological polar surface area (TPSA) is 50.7 Å². The van der Waals surface area contributed by atoms with Gasteiger partial charge in [-0.25, -0.2) is 4.98 Å². The molecule has 0 aliphatic heterocycles. The van der Waals surface area contributed by atoms with Crippen LogP contribution in [0.25, 0.3) is 0 Å². The highest BCUT2D eigenvalue weighted by atomic mass is 35.5. The van der Waals surface area contributed by atoms with Gasteiger partial charge in [-0.3, -0.25) is 0 Å². The predicted octanol–water partition coefficient (Wildman–Crippen LogP) is 3.35. The fraction of sp³-hybridized carbons (Fsp3) is 0.182. The molecule has 0 unspecified atom stereocenters. The summed E-state index contributed by atoms with van der Waals surface area (Å²) in [6, 6.07) is 7.65. The Morgan fingerprint density at radius 1 is 1.12 bits per heavy atom. The zero-order chi connectivity index (χ0) is 12.3. The lowest BCUT2D eigenvalue weighted by Crippen LogP contribution is -2.09. The number of anilines is 1. The summed E-state index contributed by atoms with van der Waals surface area (Å²) in [5, 5.41) is 11.6. The molecule has 0 aliphatic carbocycles. The summed E-state index contributed by atoms with van der Waals surface area (Å²) >= 11 is 11.4. The monoisotopic (exact) mass is 268 g/mol. The SMILES string of the molecule is C[C@@H](Nc1ncc(Cl)nn1)c1ccc(Cl)cc1. The minimum absolute atomic E-state index is 0.0650. The van der Waals surface area contributed by atoms with Gasteiger partial charge in [0.1, 0.15) is 0 Å². The minimum atomic E-state index is 0.0650. The molecule has 0 radical (unpaired) electrons. The molecule has 0 aliphatic rings. The van der Waals surface area contributed by atoms with E-state index in [1.807, 2.05) is 31.2 Å². The van der Waals surface area contributed by atoms with Crippen LogP contribution in [0.5, 0.6) is 0 Å². The van der Waals surface area contributed by atoms with Gasteiger partial charge in [-0.2, -0.15) is 0 Å². The Bertz CT molecular complexity index is 484. The smallest absolute Gasteiger partial charge is 0.243 e. The van der Waals surface area contributed by atoms with Crippen LogP contribution in [0.4, 0.5) is 5.95 Å². The Morgan fingerprint density at radius 2 is 1.82 bits per heavy atom. The zero-order valence-electron chi connectivity index (χ0n) is 9.06. The van der Waals surface area contributed by atoms with Crippen LogP contribution >= 0.6 is 23.2 Å². The van der Waals surface area contributed by atoms with E-state index < -0.39 is 0 Å². The first-order chi connectivity index (χ1) is 8.15. The number of nitrogens with one attached hydrogen (secondary N) is 1. The van der Waals surface area contributed by atoms with Crippen molar-refractivity contribution in [1.82, 2.24) is 15.2 Å². The second kappa shape index (κ2) is 5.29. The first kappa shape index (κ1) is 12.1. The molecular formula is C11H10Cl2N4. The van der Waals surface area contributed by atoms with Crippen molar-refractivity contribution in [1.29, 1.82) is 0 Å². The molecule has 0 amide bonds. The minimum Gasteiger partial charge on any atom is -0.346 e. The highest BCUT2D eigenvalue weighted by Crippen LogP contribution is 2.18. The normalized spacial score (nSPS) is 12.2. The van der Waals surface area contributed by atoms with Crippen molar-refractivity contribution in [2.45, 2.75) is 13.0 Å². The van der Waals surface area contributed by atoms with Crippen LogP contribution in [0.3, 0.4) is 0 Å². The summed E-state index contributed by atoms with van der Waals surface area (Å²) < 4.78 is 0. The largest absolute Gasteiger partial charge is 0.346 e. The number of benzene rings is 1. The van der Waals surface area contributed by atoms with Crippen molar-refractivity contribution in [3.63, 3.8) is 0 Å². The molecule has 1 aromatic carbocycles. The second-order valence-electron chi connectivity index (χ2n) is 3.52. The van der Waals surface area contributed by atoms with Gasteiger partial charge in [0, 0.05) is 5.02 Å². The molecule has 4 nitrogen and oxygen atoms in total. The highest BCUT2D eigenvalue weighted by molar-refractivity contribution is 6.30. The lowest BCUT2D eigenvalue weighted by atomic mass is 10.1. The Labute approximate surface area is 109 Å². The van der Waals surface area contributed by atoms with Crippen molar-refractivity contribution < 1.29 is 0 Å². The van der Waals surface area contributed by atoms with Gasteiger partial charge in [-0.1, -0.05) is 35.3 Å². The molecule has 1 N–H and O–H groups in total. The number of nitrogens with zero attached hydrogens (tertiary/aromatic N) is 3. The summed E-state index contributed by atoms with van der Waals surface area (Å²) in [5.41, 5.74) is 1.09. The number of hydrogen-bond donors (Lipinski definition) is 1. The molecule has 0 saturated carbocycles. The van der Waals surface area contributed by atoms with Crippen molar-refractivity contribution in [3.05, 3.63) is 46.2 Å². The Kier molecular flexibility index (Phi) is 3.76. The third-order valence-corrected chi connectivity index (χ3v) is 2.67. The van der Waals surface area contributed by atoms with Crippen molar-refractivity contribution in [3.8, 4) is 0 Å². The molecule has 88 valence electrons. The molecular weight excluding hydrogens is 259 g/mol. The molecule has 0 fully saturated rings. The number of aromatic nitrogens is 3. The van der Waals surface area contributed by atoms with E-state index in [0.717, 1.165) is 5.56 Å². The molecule has 1 aromatic heterocycles. The molecule has 2 rings (SSSR count). The molecule has 1 atom stereocenters. The van der Waals surface area contributed by atoms with Crippen molar-refractivity contribution in [2.75, 3.05) is 5.32 Å². The van der Waals surface area contributed by atoms with Crippen LogP contribution in [-0.2, 0) is 0 Å². The summed E-state index contributed by atoms with van der Waals surface area (Å²) in [5.74, 6) is 0.442. The van der Waals surface area contributed by atoms with Gasteiger partial charge in [-0.05, 0) is 24.6 Å². The molecule has 1 heterocycles. The van der Waals surface area contributed by atoms with E-state index in [1.54, 1.807) is 0 Å². The fourth-order valence-corrected chi connectivity index (χ4v) is 1.57. The lowest BCUT2D eigenvalue weighted by Gasteiger charge is -2.13. The number of halogens is 2. The van der Waals surface area contributed by atoms with Gasteiger partial charge >= 0.3 is 0 Å². The average Bonchev–Trinajstić information content (AvgIpc) is 2.33. The van der Waals surface area contributed by atoms with E-state index in [2.05, 4.69) is 20.5 Å². The van der Waals surface area contributed by atoms with E-state index >= 15 is 0 Å². The Morgan fingerprint density at radius 3 is 2.41 bits per heavy atom. The number of rotatable bonds is 3. The fourth-order valence-electron chi connectivity index (χ4n) is 1.36. The van der Waals surface area contributed by atoms with E-state index in [9.17, 15) is 0 Å². The molecule has 0 bridgehead atoms. The summed E-state index contributed by atoms with van der Waals surface area (Å²) in [6.07, 6.45) is 1.45. The third kappa shape index (κ3) is 3.28. The standard InChI is InChI=1S/C11H10Cl2N4/c1-7(8-2-4-9(12)5-3-8)15-11-14-6-10(13)16-17-11/h2-7H,1H3,(H,14,15,17)/t7-/m1/s1. The maximum atomic E-state index is 5.82. The van der Waals surface area contributed by atoms with Gasteiger partial charge in [0.15, 0.2) is 5.15 Å². The third-order valence-electron chi connectivity index (χ3n) is 2.25. The molecule has 0 spiro atoms. The van der Waals surface area contributed by atoms with Gasteiger partial charge in [0.05, 0.1) is 12.2 Å². The Balaban J connectivity index is 2.08. The first-order valence-corrected chi connectivity index (χ1v) is 5.78. The van der Waals surface area contributed by atoms with E-state index in [1.165, 1.54) is 6.20 Å². The maximum absolute atomic E-state index is 5.82. The summed E-state index contributed by atoms with van der Waals surface area (Å²) in [7, 11) is 0. The van der Waals surface area contributed by atoms with Crippen LogP contribution < -0.4 is 5.32 Å². The molecule has 0 saturated heterocycles. The first-order valence-electron chi connectivity index (χ1n) is 5.02. The van der Waals surface area contributed by atoms with Crippen LogP contribution in [0.2, 0.25) is 10.2 Å². The van der Waals surface area contributed by atoms with Gasteiger partial charge in [-0.15, -0.1) is 10.2 Å². The van der Waals surface area contributed by atoms with Crippen molar-refractivity contribution >= 4 is 29.2 Å². The van der Waals surface area contributed by atoms with Crippen molar-refractivity contribution in [2.24, 2.45) is 0 Å². The average molecular weight is 269 g/mol. The van der Waals surface area contributed by atoms with E-state index in [-0.39, 0.29) is 11.2 Å². The van der Waals surface area contributed by atoms with Crippen LogP contribution in [0.1, 0.15) is 18.5 Å². The lowest BCUT2D eigenvalue weighted by molar-refractivity contribution is 0.839. The quantitative estimate of drug-likeness (QED) is 0.928. The van der Waals surface area contributed by atoms with Crippen LogP contribution in [0, 0.1) is 0 Å². The van der Waals surface area contributed by atoms with Gasteiger partial charge < -0.3 is 5.32 Å². The number of hydrogen-bond acceptors (Lipinski definition) is 4. The van der Waals surface area contributed by atoms with E-state index in [0.29, 0.717) is 11.0 Å². The van der Waals surface area contributed by atoms with Gasteiger partial charge in [0.2, 0.25) is 5.95 Å². The van der Waals surface area contributed by atoms with Gasteiger partial charge in [0.25, 0.3) is 0 Å². The molecule has 2 aromatic rings.